The summed E-state index contributed by atoms with van der Waals surface area (Å²) in [7, 11) is 0. The predicted octanol–water partition coefficient (Wildman–Crippen LogP) is 4.77. The number of benzene rings is 3. The molecule has 6 nitrogen and oxygen atoms in total. The number of carbonyl (C=O) groups excluding carboxylic acids is 3. The molecule has 1 N–H and O–H groups in total. The molecule has 156 valence electrons. The molecule has 0 aromatic heterocycles. The molecule has 0 aliphatic carbocycles. The number of para-hydroxylation sites is 1. The van der Waals surface area contributed by atoms with Gasteiger partial charge in [-0.3, -0.25) is 14.4 Å². The minimum Gasteiger partial charge on any atom is -0.484 e. The second-order valence-electron chi connectivity index (χ2n) is 7.22. The van der Waals surface area contributed by atoms with Gasteiger partial charge in [-0.15, -0.1) is 0 Å². The summed E-state index contributed by atoms with van der Waals surface area (Å²) in [5, 5.41) is 3.34. The molecule has 0 fully saturated rings. The SMILES string of the molecule is Cc1cc(OCC(=O)Nc2cccc3c2C(=O)N(c2ccccc2)C3=O)cc(C)c1Cl. The summed E-state index contributed by atoms with van der Waals surface area (Å²) in [6.45, 7) is 3.46. The maximum atomic E-state index is 13.0. The molecule has 3 aromatic carbocycles. The molecule has 0 unspecified atom stereocenters. The number of anilines is 2. The van der Waals surface area contributed by atoms with Crippen LogP contribution < -0.4 is 15.0 Å². The molecule has 4 rings (SSSR count). The molecule has 1 aliphatic rings. The maximum absolute atomic E-state index is 13.0. The molecule has 0 saturated carbocycles. The van der Waals surface area contributed by atoms with Crippen molar-refractivity contribution in [1.29, 1.82) is 0 Å². The molecule has 7 heteroatoms. The number of nitrogens with zero attached hydrogens (tertiary/aromatic N) is 1. The van der Waals surface area contributed by atoms with Crippen molar-refractivity contribution >= 4 is 40.7 Å². The van der Waals surface area contributed by atoms with Gasteiger partial charge in [0.05, 0.1) is 22.5 Å². The normalized spacial score (nSPS) is 12.7. The highest BCUT2D eigenvalue weighted by atomic mass is 35.5. The Morgan fingerprint density at radius 2 is 1.65 bits per heavy atom. The first-order valence-electron chi connectivity index (χ1n) is 9.63. The van der Waals surface area contributed by atoms with Crippen molar-refractivity contribution in [1.82, 2.24) is 0 Å². The van der Waals surface area contributed by atoms with E-state index in [0.29, 0.717) is 16.5 Å². The summed E-state index contributed by atoms with van der Waals surface area (Å²) in [4.78, 5) is 39.4. The fourth-order valence-corrected chi connectivity index (χ4v) is 3.63. The third kappa shape index (κ3) is 3.90. The number of carbonyl (C=O) groups is 3. The van der Waals surface area contributed by atoms with Crippen LogP contribution in [0.1, 0.15) is 31.8 Å². The fraction of sp³-hybridized carbons (Fsp3) is 0.125. The average molecular weight is 435 g/mol. The molecule has 31 heavy (non-hydrogen) atoms. The highest BCUT2D eigenvalue weighted by Crippen LogP contribution is 2.33. The van der Waals surface area contributed by atoms with Crippen LogP contribution in [0.2, 0.25) is 5.02 Å². The van der Waals surface area contributed by atoms with Gasteiger partial charge in [-0.2, -0.15) is 0 Å². The molecule has 3 amide bonds. The van der Waals surface area contributed by atoms with E-state index in [4.69, 9.17) is 16.3 Å². The van der Waals surface area contributed by atoms with Crippen molar-refractivity contribution in [3.05, 3.63) is 87.9 Å². The van der Waals surface area contributed by atoms with Crippen LogP contribution in [0.5, 0.6) is 5.75 Å². The van der Waals surface area contributed by atoms with Gasteiger partial charge < -0.3 is 10.1 Å². The number of rotatable bonds is 5. The van der Waals surface area contributed by atoms with Crippen molar-refractivity contribution in [2.24, 2.45) is 0 Å². The monoisotopic (exact) mass is 434 g/mol. The molecule has 1 heterocycles. The van der Waals surface area contributed by atoms with Gasteiger partial charge in [0.2, 0.25) is 0 Å². The Bertz CT molecular complexity index is 1180. The van der Waals surface area contributed by atoms with Crippen LogP contribution >= 0.6 is 11.6 Å². The molecule has 0 radical (unpaired) electrons. The zero-order chi connectivity index (χ0) is 22.1. The number of aryl methyl sites for hydroxylation is 2. The number of hydrogen-bond donors (Lipinski definition) is 1. The van der Waals surface area contributed by atoms with Crippen LogP contribution in [0.25, 0.3) is 0 Å². The Morgan fingerprint density at radius 3 is 2.32 bits per heavy atom. The van der Waals surface area contributed by atoms with Gasteiger partial charge in [0.1, 0.15) is 5.75 Å². The van der Waals surface area contributed by atoms with E-state index in [9.17, 15) is 14.4 Å². The minimum atomic E-state index is -0.480. The van der Waals surface area contributed by atoms with Gasteiger partial charge in [-0.05, 0) is 61.4 Å². The van der Waals surface area contributed by atoms with Gasteiger partial charge in [0.25, 0.3) is 17.7 Å². The zero-order valence-electron chi connectivity index (χ0n) is 16.9. The molecule has 0 saturated heterocycles. The lowest BCUT2D eigenvalue weighted by Crippen LogP contribution is -2.29. The van der Waals surface area contributed by atoms with Gasteiger partial charge in [0.15, 0.2) is 6.61 Å². The highest BCUT2D eigenvalue weighted by Gasteiger charge is 2.38. The van der Waals surface area contributed by atoms with Crippen LogP contribution in [0.15, 0.2) is 60.7 Å². The van der Waals surface area contributed by atoms with Crippen molar-refractivity contribution < 1.29 is 19.1 Å². The summed E-state index contributed by atoms with van der Waals surface area (Å²) in [6.07, 6.45) is 0. The van der Waals surface area contributed by atoms with E-state index in [2.05, 4.69) is 5.32 Å². The molecular weight excluding hydrogens is 416 g/mol. The second kappa shape index (κ2) is 8.24. The van der Waals surface area contributed by atoms with Crippen molar-refractivity contribution in [2.45, 2.75) is 13.8 Å². The number of amides is 3. The van der Waals surface area contributed by atoms with E-state index >= 15 is 0 Å². The van der Waals surface area contributed by atoms with Crippen molar-refractivity contribution in [2.75, 3.05) is 16.8 Å². The Morgan fingerprint density at radius 1 is 0.968 bits per heavy atom. The van der Waals surface area contributed by atoms with Crippen molar-refractivity contribution in [3.8, 4) is 5.75 Å². The van der Waals surface area contributed by atoms with Crippen LogP contribution in [-0.2, 0) is 4.79 Å². The highest BCUT2D eigenvalue weighted by molar-refractivity contribution is 6.36. The standard InChI is InChI=1S/C24H19ClN2O4/c1-14-11-17(12-15(2)22(14)25)31-13-20(28)26-19-10-6-9-18-21(19)24(30)27(23(18)29)16-7-4-3-5-8-16/h3-12H,13H2,1-2H3,(H,26,28). The largest absolute Gasteiger partial charge is 0.484 e. The summed E-state index contributed by atoms with van der Waals surface area (Å²) < 4.78 is 5.58. The minimum absolute atomic E-state index is 0.169. The molecule has 0 atom stereocenters. The number of ether oxygens (including phenoxy) is 1. The number of nitrogens with one attached hydrogen (secondary N) is 1. The Hall–Kier alpha value is -3.64. The third-order valence-electron chi connectivity index (χ3n) is 4.98. The van der Waals surface area contributed by atoms with Crippen LogP contribution in [0, 0.1) is 13.8 Å². The van der Waals surface area contributed by atoms with Gasteiger partial charge in [-0.25, -0.2) is 4.90 Å². The lowest BCUT2D eigenvalue weighted by Gasteiger charge is -2.14. The Kier molecular flexibility index (Phi) is 5.48. The van der Waals surface area contributed by atoms with E-state index in [1.165, 1.54) is 0 Å². The first-order valence-corrected chi connectivity index (χ1v) is 10.0. The fourth-order valence-electron chi connectivity index (χ4n) is 3.53. The third-order valence-corrected chi connectivity index (χ3v) is 5.58. The maximum Gasteiger partial charge on any atom is 0.268 e. The van der Waals surface area contributed by atoms with Crippen LogP contribution in [0.3, 0.4) is 0 Å². The Balaban J connectivity index is 1.52. The number of fused-ring (bicyclic) bond motifs is 1. The quantitative estimate of drug-likeness (QED) is 0.586. The van der Waals surface area contributed by atoms with E-state index in [1.54, 1.807) is 60.7 Å². The van der Waals surface area contributed by atoms with Gasteiger partial charge in [0, 0.05) is 5.02 Å². The number of halogens is 1. The van der Waals surface area contributed by atoms with Gasteiger partial charge in [-0.1, -0.05) is 35.9 Å². The summed E-state index contributed by atoms with van der Waals surface area (Å²) >= 11 is 6.16. The summed E-state index contributed by atoms with van der Waals surface area (Å²) in [5.74, 6) is -0.830. The Labute approximate surface area is 184 Å². The first kappa shape index (κ1) is 20.6. The number of hydrogen-bond acceptors (Lipinski definition) is 4. The summed E-state index contributed by atoms with van der Waals surface area (Å²) in [6, 6.07) is 17.0. The molecule has 3 aromatic rings. The lowest BCUT2D eigenvalue weighted by molar-refractivity contribution is -0.118. The average Bonchev–Trinajstić information content (AvgIpc) is 3.02. The zero-order valence-corrected chi connectivity index (χ0v) is 17.7. The van der Waals surface area contributed by atoms with Crippen LogP contribution in [0.4, 0.5) is 11.4 Å². The van der Waals surface area contributed by atoms with E-state index in [-0.39, 0.29) is 23.4 Å². The number of imide groups is 1. The molecule has 1 aliphatic heterocycles. The van der Waals surface area contributed by atoms with E-state index < -0.39 is 17.7 Å². The topological polar surface area (TPSA) is 75.7 Å². The summed E-state index contributed by atoms with van der Waals surface area (Å²) in [5.41, 5.74) is 2.86. The molecule has 0 spiro atoms. The lowest BCUT2D eigenvalue weighted by atomic mass is 10.1. The van der Waals surface area contributed by atoms with Crippen molar-refractivity contribution in [3.63, 3.8) is 0 Å². The second-order valence-corrected chi connectivity index (χ2v) is 7.60. The van der Waals surface area contributed by atoms with Gasteiger partial charge >= 0.3 is 0 Å². The predicted molar refractivity (Wildman–Crippen MR) is 119 cm³/mol. The smallest absolute Gasteiger partial charge is 0.268 e. The van der Waals surface area contributed by atoms with E-state index in [1.807, 2.05) is 13.8 Å². The first-order chi connectivity index (χ1) is 14.9. The van der Waals surface area contributed by atoms with E-state index in [0.717, 1.165) is 16.0 Å². The van der Waals surface area contributed by atoms with Crippen LogP contribution in [-0.4, -0.2) is 24.3 Å². The molecular formula is C24H19ClN2O4. The molecule has 0 bridgehead atoms.